The lowest BCUT2D eigenvalue weighted by molar-refractivity contribution is -0.142. The van der Waals surface area contributed by atoms with Gasteiger partial charge in [-0.15, -0.1) is 0 Å². The van der Waals surface area contributed by atoms with E-state index in [1.807, 2.05) is 0 Å². The molecule has 0 spiro atoms. The normalized spacial score (nSPS) is 11.3. The number of carbonyl (C=O) groups excluding carboxylic acids is 1. The summed E-state index contributed by atoms with van der Waals surface area (Å²) < 4.78 is 4.93. The lowest BCUT2D eigenvalue weighted by Crippen LogP contribution is -2.03. The lowest BCUT2D eigenvalue weighted by Gasteiger charge is -2.01. The van der Waals surface area contributed by atoms with E-state index in [1.54, 1.807) is 6.08 Å². The Morgan fingerprint density at radius 2 is 1.43 bits per heavy atom. The second kappa shape index (κ2) is 18.7. The summed E-state index contributed by atoms with van der Waals surface area (Å²) in [5.41, 5.74) is 0. The fourth-order valence-corrected chi connectivity index (χ4v) is 2.32. The number of hydrogen-bond acceptors (Lipinski definition) is 2. The van der Waals surface area contributed by atoms with E-state index in [2.05, 4.69) is 37.8 Å². The van der Waals surface area contributed by atoms with Crippen LogP contribution in [0.1, 0.15) is 84.0 Å². The van der Waals surface area contributed by atoms with Gasteiger partial charge in [0.15, 0.2) is 0 Å². The van der Waals surface area contributed by atoms with Crippen LogP contribution >= 0.6 is 0 Å². The quantitative estimate of drug-likeness (QED) is 0.140. The molecule has 0 fully saturated rings. The number of unbranched alkanes of at least 4 members (excludes halogenated alkanes) is 9. The Hall–Kier alpha value is -1.31. The molecule has 0 N–H and O–H groups in total. The van der Waals surface area contributed by atoms with Crippen LogP contribution in [0.25, 0.3) is 0 Å². The van der Waals surface area contributed by atoms with Gasteiger partial charge in [0.25, 0.3) is 0 Å². The summed E-state index contributed by atoms with van der Waals surface area (Å²) in [5, 5.41) is 0. The minimum absolute atomic E-state index is 0.107. The van der Waals surface area contributed by atoms with Crippen molar-refractivity contribution in [3.8, 4) is 0 Å². The average Bonchev–Trinajstić information content (AvgIpc) is 2.56. The predicted octanol–water partition coefficient (Wildman–Crippen LogP) is 6.53. The zero-order chi connectivity index (χ0) is 17.0. The van der Waals surface area contributed by atoms with E-state index in [1.165, 1.54) is 51.4 Å². The van der Waals surface area contributed by atoms with E-state index in [0.29, 0.717) is 13.0 Å². The van der Waals surface area contributed by atoms with Gasteiger partial charge in [-0.2, -0.15) is 0 Å². The summed E-state index contributed by atoms with van der Waals surface area (Å²) in [4.78, 5) is 11.2. The SMILES string of the molecule is C=CCOC(=O)CCCCCCC=CC=CCCCCCCC. The van der Waals surface area contributed by atoms with Gasteiger partial charge in [0.05, 0.1) is 0 Å². The van der Waals surface area contributed by atoms with Crippen LogP contribution in [0.2, 0.25) is 0 Å². The van der Waals surface area contributed by atoms with E-state index in [0.717, 1.165) is 19.3 Å². The Morgan fingerprint density at radius 3 is 2.00 bits per heavy atom. The number of esters is 1. The molecule has 0 radical (unpaired) electrons. The average molecular weight is 321 g/mol. The van der Waals surface area contributed by atoms with Crippen LogP contribution in [0.5, 0.6) is 0 Å². The highest BCUT2D eigenvalue weighted by Gasteiger charge is 2.00. The second-order valence-electron chi connectivity index (χ2n) is 5.98. The van der Waals surface area contributed by atoms with Gasteiger partial charge in [0, 0.05) is 6.42 Å². The first kappa shape index (κ1) is 21.7. The van der Waals surface area contributed by atoms with Crippen molar-refractivity contribution in [3.05, 3.63) is 37.0 Å². The number of hydrogen-bond donors (Lipinski definition) is 0. The molecule has 23 heavy (non-hydrogen) atoms. The number of allylic oxidation sites excluding steroid dienone is 4. The molecule has 0 aliphatic rings. The van der Waals surface area contributed by atoms with Crippen LogP contribution in [0.4, 0.5) is 0 Å². The fourth-order valence-electron chi connectivity index (χ4n) is 2.32. The van der Waals surface area contributed by atoms with E-state index in [9.17, 15) is 4.79 Å². The Labute approximate surface area is 143 Å². The highest BCUT2D eigenvalue weighted by Crippen LogP contribution is 2.07. The van der Waals surface area contributed by atoms with Crippen molar-refractivity contribution in [3.63, 3.8) is 0 Å². The van der Waals surface area contributed by atoms with Crippen molar-refractivity contribution < 1.29 is 9.53 Å². The van der Waals surface area contributed by atoms with Gasteiger partial charge in [0.1, 0.15) is 6.61 Å². The first-order valence-corrected chi connectivity index (χ1v) is 9.39. The summed E-state index contributed by atoms with van der Waals surface area (Å²) >= 11 is 0. The van der Waals surface area contributed by atoms with Gasteiger partial charge in [-0.3, -0.25) is 4.79 Å². The molecule has 0 saturated carbocycles. The van der Waals surface area contributed by atoms with Gasteiger partial charge in [-0.05, 0) is 32.1 Å². The fraction of sp³-hybridized carbons (Fsp3) is 0.667. The monoisotopic (exact) mass is 320 g/mol. The van der Waals surface area contributed by atoms with Gasteiger partial charge >= 0.3 is 5.97 Å². The van der Waals surface area contributed by atoms with E-state index in [4.69, 9.17) is 4.74 Å². The molecular weight excluding hydrogens is 284 g/mol. The van der Waals surface area contributed by atoms with E-state index in [-0.39, 0.29) is 5.97 Å². The van der Waals surface area contributed by atoms with Crippen molar-refractivity contribution in [2.75, 3.05) is 6.61 Å². The highest BCUT2D eigenvalue weighted by molar-refractivity contribution is 5.69. The zero-order valence-corrected chi connectivity index (χ0v) is 15.1. The summed E-state index contributed by atoms with van der Waals surface area (Å²) in [6.07, 6.45) is 24.5. The molecule has 0 unspecified atom stereocenters. The molecule has 0 rings (SSSR count). The lowest BCUT2D eigenvalue weighted by atomic mass is 10.1. The standard InChI is InChI=1S/C21H36O2/c1-3-5-6-7-8-9-10-11-12-13-14-15-16-17-18-19-21(22)23-20-4-2/h4,10-13H,2-3,5-9,14-20H2,1H3. The summed E-state index contributed by atoms with van der Waals surface area (Å²) in [6, 6.07) is 0. The van der Waals surface area contributed by atoms with Crippen LogP contribution in [0, 0.1) is 0 Å². The molecule has 0 saturated heterocycles. The first-order chi connectivity index (χ1) is 11.3. The minimum atomic E-state index is -0.107. The molecule has 0 aliphatic heterocycles. The first-order valence-electron chi connectivity index (χ1n) is 9.39. The molecular formula is C21H36O2. The molecule has 0 heterocycles. The van der Waals surface area contributed by atoms with Crippen LogP contribution in [0.15, 0.2) is 37.0 Å². The maximum atomic E-state index is 11.2. The Kier molecular flexibility index (Phi) is 17.7. The number of rotatable bonds is 16. The van der Waals surface area contributed by atoms with E-state index >= 15 is 0 Å². The molecule has 2 nitrogen and oxygen atoms in total. The predicted molar refractivity (Wildman–Crippen MR) is 101 cm³/mol. The number of ether oxygens (including phenoxy) is 1. The molecule has 0 aromatic rings. The van der Waals surface area contributed by atoms with Crippen LogP contribution in [-0.2, 0) is 9.53 Å². The molecule has 0 aromatic heterocycles. The summed E-state index contributed by atoms with van der Waals surface area (Å²) in [7, 11) is 0. The minimum Gasteiger partial charge on any atom is -0.461 e. The van der Waals surface area contributed by atoms with Gasteiger partial charge < -0.3 is 4.74 Å². The smallest absolute Gasteiger partial charge is 0.306 e. The molecule has 0 aromatic carbocycles. The third kappa shape index (κ3) is 18.6. The largest absolute Gasteiger partial charge is 0.461 e. The van der Waals surface area contributed by atoms with Crippen molar-refractivity contribution >= 4 is 5.97 Å². The Bertz CT molecular complexity index is 329. The molecule has 0 aliphatic carbocycles. The molecule has 2 heteroatoms. The van der Waals surface area contributed by atoms with Gasteiger partial charge in [-0.25, -0.2) is 0 Å². The summed E-state index contributed by atoms with van der Waals surface area (Å²) in [5.74, 6) is -0.107. The Morgan fingerprint density at radius 1 is 0.870 bits per heavy atom. The van der Waals surface area contributed by atoms with Crippen LogP contribution in [0.3, 0.4) is 0 Å². The molecule has 0 atom stereocenters. The zero-order valence-electron chi connectivity index (χ0n) is 15.1. The molecule has 132 valence electrons. The van der Waals surface area contributed by atoms with Gasteiger partial charge in [-0.1, -0.05) is 82.4 Å². The van der Waals surface area contributed by atoms with Crippen molar-refractivity contribution in [2.45, 2.75) is 84.0 Å². The van der Waals surface area contributed by atoms with Crippen molar-refractivity contribution in [2.24, 2.45) is 0 Å². The maximum absolute atomic E-state index is 11.2. The maximum Gasteiger partial charge on any atom is 0.306 e. The highest BCUT2D eigenvalue weighted by atomic mass is 16.5. The summed E-state index contributed by atoms with van der Waals surface area (Å²) in [6.45, 7) is 6.10. The molecule has 0 bridgehead atoms. The third-order valence-corrected chi connectivity index (χ3v) is 3.72. The second-order valence-corrected chi connectivity index (χ2v) is 5.98. The third-order valence-electron chi connectivity index (χ3n) is 3.72. The molecule has 0 amide bonds. The van der Waals surface area contributed by atoms with E-state index < -0.39 is 0 Å². The van der Waals surface area contributed by atoms with Gasteiger partial charge in [0.2, 0.25) is 0 Å². The van der Waals surface area contributed by atoms with Crippen LogP contribution in [-0.4, -0.2) is 12.6 Å². The van der Waals surface area contributed by atoms with Crippen molar-refractivity contribution in [1.82, 2.24) is 0 Å². The Balaban J connectivity index is 3.27. The van der Waals surface area contributed by atoms with Crippen molar-refractivity contribution in [1.29, 1.82) is 0 Å². The number of carbonyl (C=O) groups is 1. The van der Waals surface area contributed by atoms with Crippen LogP contribution < -0.4 is 0 Å². The topological polar surface area (TPSA) is 26.3 Å².